The maximum absolute atomic E-state index is 12.9. The zero-order valence-electron chi connectivity index (χ0n) is 11.8. The molecule has 1 aliphatic heterocycles. The third-order valence-corrected chi connectivity index (χ3v) is 3.24. The van der Waals surface area contributed by atoms with Crippen LogP contribution in [0.2, 0.25) is 0 Å². The van der Waals surface area contributed by atoms with Gasteiger partial charge < -0.3 is 10.1 Å². The number of nitrogens with zero attached hydrogens (tertiary/aromatic N) is 1. The highest BCUT2D eigenvalue weighted by molar-refractivity contribution is 5.95. The third-order valence-electron chi connectivity index (χ3n) is 3.24. The van der Waals surface area contributed by atoms with E-state index >= 15 is 0 Å². The lowest BCUT2D eigenvalue weighted by atomic mass is 10.1. The molecule has 21 heavy (non-hydrogen) atoms. The fourth-order valence-corrected chi connectivity index (χ4v) is 2.16. The van der Waals surface area contributed by atoms with E-state index in [1.165, 1.54) is 19.2 Å². The maximum atomic E-state index is 12.9. The van der Waals surface area contributed by atoms with Gasteiger partial charge in [0.1, 0.15) is 5.82 Å². The SMILES string of the molecule is CNC(=O)NC(=O)CN1CCO[C@H](c2ccc(F)cc2)C1. The molecular formula is C14H18FN3O3. The van der Waals surface area contributed by atoms with Gasteiger partial charge in [0.25, 0.3) is 0 Å². The van der Waals surface area contributed by atoms with Crippen molar-refractivity contribution >= 4 is 11.9 Å². The van der Waals surface area contributed by atoms with Gasteiger partial charge in [0.2, 0.25) is 5.91 Å². The van der Waals surface area contributed by atoms with Crippen LogP contribution in [0.1, 0.15) is 11.7 Å². The second-order valence-electron chi connectivity index (χ2n) is 4.77. The molecular weight excluding hydrogens is 277 g/mol. The molecule has 1 aromatic carbocycles. The molecule has 0 spiro atoms. The minimum Gasteiger partial charge on any atom is -0.371 e. The van der Waals surface area contributed by atoms with Crippen LogP contribution >= 0.6 is 0 Å². The third kappa shape index (κ3) is 4.51. The van der Waals surface area contributed by atoms with Crippen LogP contribution in [0, 0.1) is 5.82 Å². The zero-order valence-corrected chi connectivity index (χ0v) is 11.8. The van der Waals surface area contributed by atoms with Crippen LogP contribution in [-0.2, 0) is 9.53 Å². The molecule has 0 unspecified atom stereocenters. The van der Waals surface area contributed by atoms with E-state index in [0.717, 1.165) is 5.56 Å². The van der Waals surface area contributed by atoms with E-state index in [2.05, 4.69) is 10.6 Å². The average Bonchev–Trinajstić information content (AvgIpc) is 2.48. The van der Waals surface area contributed by atoms with Crippen molar-refractivity contribution in [1.29, 1.82) is 0 Å². The number of hydrogen-bond donors (Lipinski definition) is 2. The molecule has 114 valence electrons. The van der Waals surface area contributed by atoms with E-state index in [1.807, 2.05) is 4.90 Å². The van der Waals surface area contributed by atoms with Gasteiger partial charge in [-0.3, -0.25) is 15.0 Å². The molecule has 0 bridgehead atoms. The van der Waals surface area contributed by atoms with Crippen molar-refractivity contribution in [2.45, 2.75) is 6.10 Å². The molecule has 1 atom stereocenters. The Bertz CT molecular complexity index is 507. The number of nitrogens with one attached hydrogen (secondary N) is 2. The number of amides is 3. The van der Waals surface area contributed by atoms with Gasteiger partial charge in [-0.05, 0) is 17.7 Å². The highest BCUT2D eigenvalue weighted by Gasteiger charge is 2.23. The van der Waals surface area contributed by atoms with E-state index < -0.39 is 6.03 Å². The van der Waals surface area contributed by atoms with Gasteiger partial charge in [0, 0.05) is 20.1 Å². The molecule has 1 aliphatic rings. The van der Waals surface area contributed by atoms with Gasteiger partial charge in [0.15, 0.2) is 0 Å². The molecule has 2 N–H and O–H groups in total. The average molecular weight is 295 g/mol. The Hall–Kier alpha value is -1.99. The van der Waals surface area contributed by atoms with Crippen molar-refractivity contribution in [3.05, 3.63) is 35.6 Å². The lowest BCUT2D eigenvalue weighted by Crippen LogP contribution is -2.47. The van der Waals surface area contributed by atoms with Gasteiger partial charge in [0.05, 0.1) is 19.3 Å². The Balaban J connectivity index is 1.90. The second-order valence-corrected chi connectivity index (χ2v) is 4.77. The van der Waals surface area contributed by atoms with Crippen molar-refractivity contribution in [1.82, 2.24) is 15.5 Å². The van der Waals surface area contributed by atoms with E-state index in [9.17, 15) is 14.0 Å². The first-order chi connectivity index (χ1) is 10.1. The Morgan fingerprint density at radius 1 is 1.38 bits per heavy atom. The number of imide groups is 1. The Morgan fingerprint density at radius 2 is 2.10 bits per heavy atom. The largest absolute Gasteiger partial charge is 0.371 e. The van der Waals surface area contributed by atoms with Crippen molar-refractivity contribution in [3.63, 3.8) is 0 Å². The molecule has 7 heteroatoms. The van der Waals surface area contributed by atoms with Gasteiger partial charge in [-0.15, -0.1) is 0 Å². The number of urea groups is 1. The van der Waals surface area contributed by atoms with E-state index in [4.69, 9.17) is 4.74 Å². The summed E-state index contributed by atoms with van der Waals surface area (Å²) in [7, 11) is 1.45. The highest BCUT2D eigenvalue weighted by atomic mass is 19.1. The zero-order chi connectivity index (χ0) is 15.2. The summed E-state index contributed by atoms with van der Waals surface area (Å²) in [6.45, 7) is 1.73. The van der Waals surface area contributed by atoms with Crippen LogP contribution in [0.4, 0.5) is 9.18 Å². The number of carbonyl (C=O) groups is 2. The van der Waals surface area contributed by atoms with Crippen LogP contribution in [-0.4, -0.2) is 50.1 Å². The molecule has 0 saturated carbocycles. The molecule has 3 amide bonds. The molecule has 0 aliphatic carbocycles. The van der Waals surface area contributed by atoms with Crippen molar-refractivity contribution < 1.29 is 18.7 Å². The lowest BCUT2D eigenvalue weighted by Gasteiger charge is -2.32. The minimum absolute atomic E-state index is 0.120. The molecule has 2 rings (SSSR count). The first-order valence-electron chi connectivity index (χ1n) is 6.69. The van der Waals surface area contributed by atoms with Gasteiger partial charge in [-0.2, -0.15) is 0 Å². The summed E-state index contributed by atoms with van der Waals surface area (Å²) >= 11 is 0. The molecule has 6 nitrogen and oxygen atoms in total. The van der Waals surface area contributed by atoms with Gasteiger partial charge >= 0.3 is 6.03 Å². The molecule has 1 heterocycles. The molecule has 1 fully saturated rings. The number of hydrogen-bond acceptors (Lipinski definition) is 4. The fraction of sp³-hybridized carbons (Fsp3) is 0.429. The predicted molar refractivity (Wildman–Crippen MR) is 74.1 cm³/mol. The summed E-state index contributed by atoms with van der Waals surface area (Å²) in [5, 5.41) is 4.54. The number of ether oxygens (including phenoxy) is 1. The smallest absolute Gasteiger partial charge is 0.321 e. The van der Waals surface area contributed by atoms with Crippen molar-refractivity contribution in [2.24, 2.45) is 0 Å². The summed E-state index contributed by atoms with van der Waals surface area (Å²) in [5.41, 5.74) is 0.868. The van der Waals surface area contributed by atoms with Crippen molar-refractivity contribution in [2.75, 3.05) is 33.3 Å². The summed E-state index contributed by atoms with van der Waals surface area (Å²) in [4.78, 5) is 24.6. The number of halogens is 1. The van der Waals surface area contributed by atoms with Crippen LogP contribution in [0.3, 0.4) is 0 Å². The number of morpholine rings is 1. The van der Waals surface area contributed by atoms with Crippen LogP contribution in [0.25, 0.3) is 0 Å². The lowest BCUT2D eigenvalue weighted by molar-refractivity contribution is -0.123. The number of rotatable bonds is 3. The first-order valence-corrected chi connectivity index (χ1v) is 6.69. The predicted octanol–water partition coefficient (Wildman–Crippen LogP) is 0.655. The minimum atomic E-state index is -0.525. The standard InChI is InChI=1S/C14H18FN3O3/c1-16-14(20)17-13(19)9-18-6-7-21-12(8-18)10-2-4-11(15)5-3-10/h2-5,12H,6-9H2,1H3,(H2,16,17,19,20)/t12-/m0/s1. The van der Waals surface area contributed by atoms with E-state index in [1.54, 1.807) is 12.1 Å². The van der Waals surface area contributed by atoms with Crippen LogP contribution < -0.4 is 10.6 Å². The Morgan fingerprint density at radius 3 is 2.76 bits per heavy atom. The molecule has 0 aromatic heterocycles. The fourth-order valence-electron chi connectivity index (χ4n) is 2.16. The summed E-state index contributed by atoms with van der Waals surface area (Å²) in [6, 6.07) is 5.59. The molecule has 0 radical (unpaired) electrons. The first kappa shape index (κ1) is 15.4. The van der Waals surface area contributed by atoms with Gasteiger partial charge in [-0.25, -0.2) is 9.18 Å². The topological polar surface area (TPSA) is 70.7 Å². The van der Waals surface area contributed by atoms with E-state index in [-0.39, 0.29) is 24.4 Å². The monoisotopic (exact) mass is 295 g/mol. The normalized spacial score (nSPS) is 19.0. The van der Waals surface area contributed by atoms with Crippen LogP contribution in [0.15, 0.2) is 24.3 Å². The summed E-state index contributed by atoms with van der Waals surface area (Å²) in [6.07, 6.45) is -0.202. The maximum Gasteiger partial charge on any atom is 0.321 e. The quantitative estimate of drug-likeness (QED) is 0.859. The number of benzene rings is 1. The summed E-state index contributed by atoms with van der Waals surface area (Å²) < 4.78 is 18.6. The molecule has 1 saturated heterocycles. The summed E-state index contributed by atoms with van der Waals surface area (Å²) in [5.74, 6) is -0.662. The van der Waals surface area contributed by atoms with Gasteiger partial charge in [-0.1, -0.05) is 12.1 Å². The van der Waals surface area contributed by atoms with E-state index in [0.29, 0.717) is 19.7 Å². The highest BCUT2D eigenvalue weighted by Crippen LogP contribution is 2.22. The molecule has 1 aromatic rings. The Labute approximate surface area is 122 Å². The Kier molecular flexibility index (Phi) is 5.24. The van der Waals surface area contributed by atoms with Crippen LogP contribution in [0.5, 0.6) is 0 Å². The van der Waals surface area contributed by atoms with Crippen molar-refractivity contribution in [3.8, 4) is 0 Å². The number of carbonyl (C=O) groups excluding carboxylic acids is 2. The second kappa shape index (κ2) is 7.14.